The molecule has 7 nitrogen and oxygen atoms in total. The summed E-state index contributed by atoms with van der Waals surface area (Å²) in [5.74, 6) is -0.255. The van der Waals surface area contributed by atoms with Crippen LogP contribution in [0.5, 0.6) is 0 Å². The molecule has 1 amide bonds. The van der Waals surface area contributed by atoms with Crippen LogP contribution in [-0.4, -0.2) is 50.8 Å². The fourth-order valence-electron chi connectivity index (χ4n) is 2.80. The lowest BCUT2D eigenvalue weighted by molar-refractivity contribution is -0.136. The molecule has 1 heterocycles. The Hall–Kier alpha value is -2.42. The summed E-state index contributed by atoms with van der Waals surface area (Å²) in [5.41, 5.74) is -0.707. The number of amides is 1. The summed E-state index contributed by atoms with van der Waals surface area (Å²) in [4.78, 5) is 18.2. The average Bonchev–Trinajstić information content (AvgIpc) is 3.00. The quantitative estimate of drug-likeness (QED) is 0.799. The van der Waals surface area contributed by atoms with E-state index in [2.05, 4.69) is 10.3 Å². The highest BCUT2D eigenvalue weighted by molar-refractivity contribution is 7.90. The van der Waals surface area contributed by atoms with Gasteiger partial charge < -0.3 is 15.3 Å². The number of carbonyl (C=O) groups is 1. The minimum Gasteiger partial charge on any atom is -0.360 e. The fraction of sp³-hybridized carbons (Fsp3) is 0.222. The molecule has 1 aliphatic heterocycles. The first-order valence-electron chi connectivity index (χ1n) is 8.02. The molecule has 9 heteroatoms. The molecule has 2 N–H and O–H groups in total. The Morgan fingerprint density at radius 2 is 1.78 bits per heavy atom. The molecule has 0 saturated heterocycles. The molecule has 0 bridgehead atoms. The molecule has 2 aromatic rings. The van der Waals surface area contributed by atoms with Crippen molar-refractivity contribution < 1.29 is 18.3 Å². The van der Waals surface area contributed by atoms with Crippen molar-refractivity contribution in [1.29, 1.82) is 0 Å². The van der Waals surface area contributed by atoms with Crippen molar-refractivity contribution in [2.45, 2.75) is 10.6 Å². The van der Waals surface area contributed by atoms with Gasteiger partial charge in [0.1, 0.15) is 5.84 Å². The highest BCUT2D eigenvalue weighted by Gasteiger charge is 2.44. The minimum absolute atomic E-state index is 0.108. The molecule has 27 heavy (non-hydrogen) atoms. The van der Waals surface area contributed by atoms with E-state index in [1.807, 2.05) is 0 Å². The van der Waals surface area contributed by atoms with Crippen molar-refractivity contribution in [3.8, 4) is 0 Å². The van der Waals surface area contributed by atoms with Gasteiger partial charge in [-0.15, -0.1) is 0 Å². The molecule has 142 valence electrons. The molecule has 0 fully saturated rings. The first-order chi connectivity index (χ1) is 12.6. The number of carbonyl (C=O) groups excluding carboxylic acids is 1. The Morgan fingerprint density at radius 3 is 2.30 bits per heavy atom. The Morgan fingerprint density at radius 1 is 1.19 bits per heavy atom. The summed E-state index contributed by atoms with van der Waals surface area (Å²) < 4.78 is 23.3. The highest BCUT2D eigenvalue weighted by atomic mass is 35.5. The van der Waals surface area contributed by atoms with Crippen LogP contribution in [0.3, 0.4) is 0 Å². The molecule has 0 spiro atoms. The van der Waals surface area contributed by atoms with Crippen molar-refractivity contribution in [1.82, 2.24) is 5.32 Å². The number of benzene rings is 2. The van der Waals surface area contributed by atoms with Gasteiger partial charge in [0.25, 0.3) is 11.6 Å². The number of rotatable bonds is 4. The number of nitrogens with one attached hydrogen (secondary N) is 1. The molecule has 1 aliphatic rings. The van der Waals surface area contributed by atoms with Crippen LogP contribution in [0.2, 0.25) is 5.02 Å². The maximum absolute atomic E-state index is 12.1. The van der Waals surface area contributed by atoms with E-state index in [-0.39, 0.29) is 11.4 Å². The molecule has 1 unspecified atom stereocenters. The highest BCUT2D eigenvalue weighted by Crippen LogP contribution is 2.29. The van der Waals surface area contributed by atoms with Crippen molar-refractivity contribution >= 4 is 38.9 Å². The van der Waals surface area contributed by atoms with Crippen LogP contribution in [0.25, 0.3) is 0 Å². The molecule has 0 aliphatic carbocycles. The maximum atomic E-state index is 12.1. The number of hydrogen-bond donors (Lipinski definition) is 2. The van der Waals surface area contributed by atoms with Gasteiger partial charge >= 0.3 is 0 Å². The lowest BCUT2D eigenvalue weighted by atomic mass is 10.1. The van der Waals surface area contributed by atoms with Crippen LogP contribution in [0.4, 0.5) is 5.69 Å². The zero-order valence-electron chi connectivity index (χ0n) is 14.7. The maximum Gasteiger partial charge on any atom is 0.276 e. The van der Waals surface area contributed by atoms with E-state index in [0.717, 1.165) is 6.26 Å². The Balaban J connectivity index is 2.06. The van der Waals surface area contributed by atoms with Gasteiger partial charge in [-0.25, -0.2) is 13.4 Å². The topological polar surface area (TPSA) is 99.1 Å². The van der Waals surface area contributed by atoms with E-state index < -0.39 is 21.5 Å². The van der Waals surface area contributed by atoms with Crippen molar-refractivity contribution in [3.63, 3.8) is 0 Å². The number of sulfone groups is 1. The summed E-state index contributed by atoms with van der Waals surface area (Å²) >= 11 is 5.94. The van der Waals surface area contributed by atoms with Crippen molar-refractivity contribution in [3.05, 3.63) is 59.1 Å². The second-order valence-corrected chi connectivity index (χ2v) is 8.64. The predicted octanol–water partition coefficient (Wildman–Crippen LogP) is 1.44. The normalized spacial score (nSPS) is 19.7. The van der Waals surface area contributed by atoms with E-state index in [1.54, 1.807) is 41.3 Å². The number of anilines is 1. The third-order valence-electron chi connectivity index (χ3n) is 4.19. The zero-order valence-corrected chi connectivity index (χ0v) is 16.3. The van der Waals surface area contributed by atoms with Crippen LogP contribution >= 0.6 is 11.6 Å². The summed E-state index contributed by atoms with van der Waals surface area (Å²) in [6.07, 6.45) is 1.13. The monoisotopic (exact) mass is 407 g/mol. The van der Waals surface area contributed by atoms with Gasteiger partial charge in [0.15, 0.2) is 9.84 Å². The van der Waals surface area contributed by atoms with Crippen LogP contribution in [-0.2, 0) is 14.6 Å². The van der Waals surface area contributed by atoms with Gasteiger partial charge in [0.05, 0.1) is 11.4 Å². The van der Waals surface area contributed by atoms with E-state index in [0.29, 0.717) is 22.1 Å². The molecule has 0 aromatic heterocycles. The van der Waals surface area contributed by atoms with Gasteiger partial charge in [0.2, 0.25) is 0 Å². The first kappa shape index (κ1) is 19.3. The van der Waals surface area contributed by atoms with E-state index in [4.69, 9.17) is 11.6 Å². The van der Waals surface area contributed by atoms with Crippen molar-refractivity contribution in [2.24, 2.45) is 4.99 Å². The number of halogens is 1. The molecular weight excluding hydrogens is 390 g/mol. The summed E-state index contributed by atoms with van der Waals surface area (Å²) in [7, 11) is -1.91. The predicted molar refractivity (Wildman–Crippen MR) is 104 cm³/mol. The van der Waals surface area contributed by atoms with Crippen LogP contribution in [0.15, 0.2) is 58.4 Å². The molecule has 0 radical (unpaired) electrons. The Bertz CT molecular complexity index is 1000. The van der Waals surface area contributed by atoms with Gasteiger partial charge in [-0.3, -0.25) is 4.79 Å². The second-order valence-electron chi connectivity index (χ2n) is 6.19. The van der Waals surface area contributed by atoms with E-state index >= 15 is 0 Å². The minimum atomic E-state index is -3.33. The standard InChI is InChI=1S/C18H18ClN3O4S/c1-20-17(23)18(24)11-22(14-7-9-15(10-8-14)27(2,25)26)16(21-18)12-3-5-13(19)6-4-12/h3-10,24H,11H2,1-2H3,(H,20,23). The molecule has 2 aromatic carbocycles. The van der Waals surface area contributed by atoms with Crippen LogP contribution in [0, 0.1) is 0 Å². The molecular formula is C18H18ClN3O4S. The SMILES string of the molecule is CNC(=O)C1(O)CN(c2ccc(S(C)(=O)=O)cc2)C(c2ccc(Cl)cc2)=N1. The molecule has 0 saturated carbocycles. The lowest BCUT2D eigenvalue weighted by Gasteiger charge is -2.23. The molecule has 3 rings (SSSR count). The van der Waals surface area contributed by atoms with Crippen LogP contribution in [0.1, 0.15) is 5.56 Å². The molecule has 1 atom stereocenters. The third-order valence-corrected chi connectivity index (χ3v) is 5.58. The smallest absolute Gasteiger partial charge is 0.276 e. The van der Waals surface area contributed by atoms with Gasteiger partial charge in [-0.1, -0.05) is 11.6 Å². The fourth-order valence-corrected chi connectivity index (χ4v) is 3.55. The summed E-state index contributed by atoms with van der Waals surface area (Å²) in [5, 5.41) is 13.6. The van der Waals surface area contributed by atoms with E-state index in [9.17, 15) is 18.3 Å². The van der Waals surface area contributed by atoms with E-state index in [1.165, 1.54) is 19.2 Å². The number of aliphatic hydroxyl groups is 1. The number of β-amino-alcohol motifs (C(OH)–C–C–N with tert-alkyl or cyclic N) is 1. The summed E-state index contributed by atoms with van der Waals surface area (Å²) in [6.45, 7) is -0.108. The lowest BCUT2D eigenvalue weighted by Crippen LogP contribution is -2.48. The largest absolute Gasteiger partial charge is 0.360 e. The number of likely N-dealkylation sites (N-methyl/N-ethyl adjacent to an activating group) is 1. The second kappa shape index (κ2) is 6.95. The summed E-state index contributed by atoms with van der Waals surface area (Å²) in [6, 6.07) is 13.0. The van der Waals surface area contributed by atoms with Crippen LogP contribution < -0.4 is 10.2 Å². The third kappa shape index (κ3) is 3.83. The average molecular weight is 408 g/mol. The van der Waals surface area contributed by atoms with Gasteiger partial charge in [0, 0.05) is 29.6 Å². The van der Waals surface area contributed by atoms with Crippen molar-refractivity contribution in [2.75, 3.05) is 24.7 Å². The van der Waals surface area contributed by atoms with Gasteiger partial charge in [-0.05, 0) is 48.5 Å². The number of aliphatic imine (C=N–C) groups is 1. The number of amidine groups is 1. The zero-order chi connectivity index (χ0) is 19.8. The van der Waals surface area contributed by atoms with Gasteiger partial charge in [-0.2, -0.15) is 0 Å². The Labute approximate surface area is 162 Å². The number of nitrogens with zero attached hydrogens (tertiary/aromatic N) is 2. The Kier molecular flexibility index (Phi) is 4.98. The first-order valence-corrected chi connectivity index (χ1v) is 10.3. The number of hydrogen-bond acceptors (Lipinski definition) is 6.